The second-order valence-corrected chi connectivity index (χ2v) is 3.39. The van der Waals surface area contributed by atoms with Gasteiger partial charge < -0.3 is 21.3 Å². The number of hydrogen-bond donors (Lipinski definition) is 0. The van der Waals surface area contributed by atoms with Crippen molar-refractivity contribution in [2.75, 3.05) is 52.4 Å². The molecule has 0 unspecified atom stereocenters. The van der Waals surface area contributed by atoms with E-state index in [1.165, 1.54) is 0 Å². The number of nitrogens with zero attached hydrogens (tertiary/aromatic N) is 4. The van der Waals surface area contributed by atoms with E-state index in [1.54, 1.807) is 0 Å². The molecule has 15 heavy (non-hydrogen) atoms. The SMILES string of the molecule is C1C[N-]CC[N-]CCC[N-]CC[N-]C1.[Zn+2]. The summed E-state index contributed by atoms with van der Waals surface area (Å²) in [7, 11) is 0. The van der Waals surface area contributed by atoms with Gasteiger partial charge in [-0.3, -0.25) is 0 Å². The van der Waals surface area contributed by atoms with Crippen molar-refractivity contribution in [2.24, 2.45) is 0 Å². The fourth-order valence-corrected chi connectivity index (χ4v) is 1.32. The van der Waals surface area contributed by atoms with Crippen LogP contribution in [0.5, 0.6) is 0 Å². The van der Waals surface area contributed by atoms with Gasteiger partial charge >= 0.3 is 19.5 Å². The van der Waals surface area contributed by atoms with Crippen LogP contribution >= 0.6 is 0 Å². The van der Waals surface area contributed by atoms with E-state index in [0.717, 1.165) is 65.2 Å². The standard InChI is InChI=1S/C10H20N4.Zn/c1-3-11-7-9-13-5-2-6-14-10-8-12-4-1;/h1-10H2;/q-4;+2. The second kappa shape index (κ2) is 12.5. The molecule has 0 aromatic carbocycles. The van der Waals surface area contributed by atoms with Gasteiger partial charge in [-0.05, 0) is 0 Å². The predicted molar refractivity (Wildman–Crippen MR) is 61.6 cm³/mol. The molecule has 0 aliphatic carbocycles. The maximum Gasteiger partial charge on any atom is 2.00 e. The minimum absolute atomic E-state index is 0. The Labute approximate surface area is 106 Å². The van der Waals surface area contributed by atoms with Crippen LogP contribution in [0.25, 0.3) is 21.3 Å². The molecule has 0 bridgehead atoms. The Morgan fingerprint density at radius 3 is 0.933 bits per heavy atom. The molecule has 1 aliphatic rings. The van der Waals surface area contributed by atoms with Crippen molar-refractivity contribution in [3.63, 3.8) is 0 Å². The molecule has 1 saturated heterocycles. The summed E-state index contributed by atoms with van der Waals surface area (Å²) in [5.74, 6) is 0. The normalized spacial score (nSPS) is 22.4. The quantitative estimate of drug-likeness (QED) is 0.601. The summed E-state index contributed by atoms with van der Waals surface area (Å²) in [5, 5.41) is 17.5. The first-order valence-corrected chi connectivity index (χ1v) is 5.53. The summed E-state index contributed by atoms with van der Waals surface area (Å²) in [5.41, 5.74) is 0. The number of rotatable bonds is 0. The summed E-state index contributed by atoms with van der Waals surface area (Å²) in [6, 6.07) is 0. The van der Waals surface area contributed by atoms with E-state index in [-0.39, 0.29) is 19.5 Å². The van der Waals surface area contributed by atoms with Gasteiger partial charge in [0.1, 0.15) is 0 Å². The average Bonchev–Trinajstić information content (AvgIpc) is 2.22. The Hall–Kier alpha value is 0.463. The maximum atomic E-state index is 4.38. The molecule has 5 heteroatoms. The van der Waals surface area contributed by atoms with Crippen LogP contribution in [0.2, 0.25) is 0 Å². The second-order valence-electron chi connectivity index (χ2n) is 3.39. The van der Waals surface area contributed by atoms with Crippen molar-refractivity contribution >= 4 is 0 Å². The van der Waals surface area contributed by atoms with E-state index in [4.69, 9.17) is 0 Å². The summed E-state index contributed by atoms with van der Waals surface area (Å²) in [6.45, 7) is 7.31. The zero-order valence-electron chi connectivity index (χ0n) is 9.57. The van der Waals surface area contributed by atoms with Gasteiger partial charge in [0.2, 0.25) is 0 Å². The Balaban J connectivity index is 0.00000196. The molecule has 0 aromatic rings. The van der Waals surface area contributed by atoms with Crippen molar-refractivity contribution in [3.8, 4) is 0 Å². The molecule has 0 radical (unpaired) electrons. The molecular weight excluding hydrogens is 242 g/mol. The predicted octanol–water partition coefficient (Wildman–Crippen LogP) is 2.27. The fourth-order valence-electron chi connectivity index (χ4n) is 1.32. The average molecular weight is 262 g/mol. The molecule has 1 heterocycles. The Morgan fingerprint density at radius 2 is 0.667 bits per heavy atom. The molecule has 0 spiro atoms. The zero-order chi connectivity index (χ0) is 9.90. The molecule has 0 amide bonds. The first kappa shape index (κ1) is 15.5. The summed E-state index contributed by atoms with van der Waals surface area (Å²) in [6.07, 6.45) is 2.17. The molecule has 0 atom stereocenters. The Bertz CT molecular complexity index is 70.7. The van der Waals surface area contributed by atoms with E-state index >= 15 is 0 Å². The van der Waals surface area contributed by atoms with Crippen LogP contribution in [-0.2, 0) is 19.5 Å². The molecule has 1 rings (SSSR count). The van der Waals surface area contributed by atoms with Gasteiger partial charge in [-0.1, -0.05) is 12.8 Å². The van der Waals surface area contributed by atoms with Crippen LogP contribution in [0.3, 0.4) is 0 Å². The van der Waals surface area contributed by atoms with Crippen LogP contribution in [0.15, 0.2) is 0 Å². The third-order valence-electron chi connectivity index (χ3n) is 2.10. The molecule has 0 aromatic heterocycles. The third kappa shape index (κ3) is 10.7. The minimum atomic E-state index is 0. The van der Waals surface area contributed by atoms with E-state index in [1.807, 2.05) is 0 Å². The van der Waals surface area contributed by atoms with Crippen LogP contribution < -0.4 is 0 Å². The first-order chi connectivity index (χ1) is 7.00. The molecule has 0 N–H and O–H groups in total. The van der Waals surface area contributed by atoms with Crippen LogP contribution in [0, 0.1) is 0 Å². The molecule has 1 aliphatic heterocycles. The summed E-state index contributed by atoms with van der Waals surface area (Å²) >= 11 is 0. The molecular formula is C10H20N4Zn-2. The summed E-state index contributed by atoms with van der Waals surface area (Å²) in [4.78, 5) is 0. The van der Waals surface area contributed by atoms with Gasteiger partial charge in [-0.15, -0.1) is 0 Å². The fraction of sp³-hybridized carbons (Fsp3) is 1.00. The van der Waals surface area contributed by atoms with E-state index in [2.05, 4.69) is 21.3 Å². The zero-order valence-corrected chi connectivity index (χ0v) is 12.5. The van der Waals surface area contributed by atoms with E-state index in [0.29, 0.717) is 0 Å². The monoisotopic (exact) mass is 260 g/mol. The molecule has 0 saturated carbocycles. The Kier molecular flexibility index (Phi) is 12.9. The van der Waals surface area contributed by atoms with Crippen LogP contribution in [0.4, 0.5) is 0 Å². The minimum Gasteiger partial charge on any atom is -0.664 e. The van der Waals surface area contributed by atoms with Gasteiger partial charge in [0.25, 0.3) is 0 Å². The first-order valence-electron chi connectivity index (χ1n) is 5.53. The maximum absolute atomic E-state index is 4.38. The van der Waals surface area contributed by atoms with Gasteiger partial charge in [-0.25, -0.2) is 0 Å². The van der Waals surface area contributed by atoms with Crippen molar-refractivity contribution < 1.29 is 19.5 Å². The van der Waals surface area contributed by atoms with Crippen LogP contribution in [0.1, 0.15) is 12.8 Å². The van der Waals surface area contributed by atoms with Crippen molar-refractivity contribution in [3.05, 3.63) is 21.3 Å². The molecule has 4 nitrogen and oxygen atoms in total. The van der Waals surface area contributed by atoms with E-state index in [9.17, 15) is 0 Å². The van der Waals surface area contributed by atoms with Gasteiger partial charge in [0.15, 0.2) is 0 Å². The van der Waals surface area contributed by atoms with Crippen molar-refractivity contribution in [2.45, 2.75) is 12.8 Å². The van der Waals surface area contributed by atoms with Crippen molar-refractivity contribution in [1.82, 2.24) is 0 Å². The van der Waals surface area contributed by atoms with Gasteiger partial charge in [-0.2, -0.15) is 52.4 Å². The van der Waals surface area contributed by atoms with E-state index < -0.39 is 0 Å². The van der Waals surface area contributed by atoms with Gasteiger partial charge in [0.05, 0.1) is 0 Å². The van der Waals surface area contributed by atoms with Gasteiger partial charge in [0, 0.05) is 0 Å². The number of hydrogen-bond acceptors (Lipinski definition) is 0. The van der Waals surface area contributed by atoms with Crippen LogP contribution in [-0.4, -0.2) is 52.4 Å². The molecule has 1 fully saturated rings. The molecule has 84 valence electrons. The van der Waals surface area contributed by atoms with Crippen molar-refractivity contribution in [1.29, 1.82) is 0 Å². The largest absolute Gasteiger partial charge is 2.00 e. The Morgan fingerprint density at radius 1 is 0.400 bits per heavy atom. The third-order valence-corrected chi connectivity index (χ3v) is 2.10. The summed E-state index contributed by atoms with van der Waals surface area (Å²) < 4.78 is 0. The topological polar surface area (TPSA) is 56.4 Å². The smallest absolute Gasteiger partial charge is 0.664 e.